The van der Waals surface area contributed by atoms with Crippen LogP contribution in [0.5, 0.6) is 0 Å². The van der Waals surface area contributed by atoms with Crippen molar-refractivity contribution in [1.29, 1.82) is 0 Å². The molecule has 0 unspecified atom stereocenters. The van der Waals surface area contributed by atoms with Crippen LogP contribution in [0.2, 0.25) is 0 Å². The topological polar surface area (TPSA) is 9.86 Å². The molecule has 2 aromatic heterocycles. The summed E-state index contributed by atoms with van der Waals surface area (Å²) < 4.78 is 4.97. The standard InChI is InChI=1S/C29H32N2/c1-3-4-5-6-7-13-20-31-26-17-12-11-16-24(26)28-25-19-18-23(22-14-9-8-10-15-22)21-27(25)30(2)29(28)31/h8-12,14-19,21H,3-7,13,20H2,1-2H3. The van der Waals surface area contributed by atoms with Gasteiger partial charge in [0.1, 0.15) is 5.65 Å². The van der Waals surface area contributed by atoms with Gasteiger partial charge >= 0.3 is 0 Å². The Hall–Kier alpha value is -3.00. The first-order valence-corrected chi connectivity index (χ1v) is 11.8. The molecule has 0 amide bonds. The summed E-state index contributed by atoms with van der Waals surface area (Å²) >= 11 is 0. The van der Waals surface area contributed by atoms with E-state index in [0.29, 0.717) is 0 Å². The maximum atomic E-state index is 2.56. The first-order valence-electron chi connectivity index (χ1n) is 11.8. The summed E-state index contributed by atoms with van der Waals surface area (Å²) in [5.41, 5.74) is 6.59. The first-order chi connectivity index (χ1) is 15.3. The summed E-state index contributed by atoms with van der Waals surface area (Å²) in [6, 6.07) is 26.6. The summed E-state index contributed by atoms with van der Waals surface area (Å²) in [6.07, 6.45) is 7.96. The van der Waals surface area contributed by atoms with Gasteiger partial charge in [-0.2, -0.15) is 0 Å². The van der Waals surface area contributed by atoms with Gasteiger partial charge in [0.25, 0.3) is 0 Å². The molecule has 0 fully saturated rings. The molecule has 0 aliphatic carbocycles. The lowest BCUT2D eigenvalue weighted by Crippen LogP contribution is -2.02. The Morgan fingerprint density at radius 1 is 0.645 bits per heavy atom. The van der Waals surface area contributed by atoms with E-state index >= 15 is 0 Å². The molecule has 2 nitrogen and oxygen atoms in total. The first kappa shape index (κ1) is 19.9. The maximum Gasteiger partial charge on any atom is 0.122 e. The molecule has 3 aromatic carbocycles. The average Bonchev–Trinajstić information content (AvgIpc) is 3.29. The third kappa shape index (κ3) is 3.54. The molecule has 2 heteroatoms. The van der Waals surface area contributed by atoms with Crippen molar-refractivity contribution in [2.45, 2.75) is 52.0 Å². The van der Waals surface area contributed by atoms with Crippen LogP contribution in [0.1, 0.15) is 45.4 Å². The van der Waals surface area contributed by atoms with Crippen molar-refractivity contribution in [3.8, 4) is 11.1 Å². The molecule has 158 valence electrons. The van der Waals surface area contributed by atoms with Crippen molar-refractivity contribution in [3.05, 3.63) is 72.8 Å². The zero-order valence-corrected chi connectivity index (χ0v) is 18.8. The number of nitrogens with zero attached hydrogens (tertiary/aromatic N) is 2. The van der Waals surface area contributed by atoms with Gasteiger partial charge < -0.3 is 9.13 Å². The Balaban J connectivity index is 1.60. The molecule has 5 aromatic rings. The van der Waals surface area contributed by atoms with Crippen molar-refractivity contribution in [1.82, 2.24) is 9.13 Å². The molecule has 31 heavy (non-hydrogen) atoms. The van der Waals surface area contributed by atoms with Gasteiger partial charge in [0, 0.05) is 29.8 Å². The van der Waals surface area contributed by atoms with Crippen LogP contribution in [0.3, 0.4) is 0 Å². The lowest BCUT2D eigenvalue weighted by atomic mass is 10.0. The highest BCUT2D eigenvalue weighted by Crippen LogP contribution is 2.38. The van der Waals surface area contributed by atoms with Gasteiger partial charge in [0.15, 0.2) is 0 Å². The smallest absolute Gasteiger partial charge is 0.122 e. The number of unbranched alkanes of at least 4 members (excludes halogenated alkanes) is 5. The second-order valence-corrected chi connectivity index (χ2v) is 8.79. The molecule has 0 N–H and O–H groups in total. The fourth-order valence-corrected chi connectivity index (χ4v) is 5.13. The third-order valence-corrected chi connectivity index (χ3v) is 6.73. The predicted octanol–water partition coefficient (Wildman–Crippen LogP) is 8.31. The van der Waals surface area contributed by atoms with E-state index < -0.39 is 0 Å². The predicted molar refractivity (Wildman–Crippen MR) is 135 cm³/mol. The van der Waals surface area contributed by atoms with Crippen LogP contribution in [0, 0.1) is 0 Å². The number of hydrogen-bond acceptors (Lipinski definition) is 0. The van der Waals surface area contributed by atoms with E-state index in [2.05, 4.69) is 95.9 Å². The quantitative estimate of drug-likeness (QED) is 0.228. The second kappa shape index (κ2) is 8.63. The maximum absolute atomic E-state index is 2.56. The van der Waals surface area contributed by atoms with Crippen molar-refractivity contribution < 1.29 is 0 Å². The molecular formula is C29H32N2. The molecule has 0 radical (unpaired) electrons. The molecule has 0 saturated carbocycles. The number of rotatable bonds is 8. The van der Waals surface area contributed by atoms with Crippen LogP contribution in [-0.2, 0) is 13.6 Å². The Morgan fingerprint density at radius 2 is 1.35 bits per heavy atom. The summed E-state index contributed by atoms with van der Waals surface area (Å²) in [6.45, 7) is 3.37. The van der Waals surface area contributed by atoms with E-state index in [1.807, 2.05) is 0 Å². The number of benzene rings is 3. The van der Waals surface area contributed by atoms with Crippen molar-refractivity contribution in [3.63, 3.8) is 0 Å². The van der Waals surface area contributed by atoms with Crippen molar-refractivity contribution in [2.24, 2.45) is 7.05 Å². The van der Waals surface area contributed by atoms with E-state index in [4.69, 9.17) is 0 Å². The monoisotopic (exact) mass is 408 g/mol. The second-order valence-electron chi connectivity index (χ2n) is 8.79. The molecule has 0 saturated heterocycles. The van der Waals surface area contributed by atoms with Crippen LogP contribution < -0.4 is 0 Å². The van der Waals surface area contributed by atoms with Crippen molar-refractivity contribution in [2.75, 3.05) is 0 Å². The van der Waals surface area contributed by atoms with Crippen molar-refractivity contribution >= 4 is 32.8 Å². The van der Waals surface area contributed by atoms with E-state index in [0.717, 1.165) is 6.54 Å². The van der Waals surface area contributed by atoms with Gasteiger partial charge in [0.05, 0.1) is 11.0 Å². The fourth-order valence-electron chi connectivity index (χ4n) is 5.13. The lowest BCUT2D eigenvalue weighted by Gasteiger charge is -2.10. The molecule has 5 rings (SSSR count). The van der Waals surface area contributed by atoms with Gasteiger partial charge in [-0.25, -0.2) is 0 Å². The minimum Gasteiger partial charge on any atom is -0.330 e. The van der Waals surface area contributed by atoms with E-state index in [1.54, 1.807) is 0 Å². The Bertz CT molecular complexity index is 1320. The minimum atomic E-state index is 1.09. The van der Waals surface area contributed by atoms with E-state index in [1.165, 1.54) is 82.5 Å². The Kier molecular flexibility index (Phi) is 5.55. The highest BCUT2D eigenvalue weighted by atomic mass is 15.1. The molecule has 0 aliphatic rings. The molecule has 0 bridgehead atoms. The highest BCUT2D eigenvalue weighted by molar-refractivity contribution is 6.21. The fraction of sp³-hybridized carbons (Fsp3) is 0.310. The number of hydrogen-bond donors (Lipinski definition) is 0. The number of fused-ring (bicyclic) bond motifs is 5. The average molecular weight is 409 g/mol. The van der Waals surface area contributed by atoms with Crippen LogP contribution in [-0.4, -0.2) is 9.13 Å². The zero-order valence-electron chi connectivity index (χ0n) is 18.8. The molecule has 0 aliphatic heterocycles. The van der Waals surface area contributed by atoms with Gasteiger partial charge in [-0.15, -0.1) is 0 Å². The van der Waals surface area contributed by atoms with E-state index in [-0.39, 0.29) is 0 Å². The number of aromatic nitrogens is 2. The molecule has 0 atom stereocenters. The van der Waals surface area contributed by atoms with Crippen LogP contribution >= 0.6 is 0 Å². The summed E-state index contributed by atoms with van der Waals surface area (Å²) in [5.74, 6) is 0. The number of para-hydroxylation sites is 1. The highest BCUT2D eigenvalue weighted by Gasteiger charge is 2.18. The number of aryl methyl sites for hydroxylation is 2. The van der Waals surface area contributed by atoms with Gasteiger partial charge in [0.2, 0.25) is 0 Å². The van der Waals surface area contributed by atoms with Gasteiger partial charge in [-0.05, 0) is 29.7 Å². The SMILES string of the molecule is CCCCCCCCn1c2ccccc2c2c3ccc(-c4ccccc4)cc3n(C)c21. The minimum absolute atomic E-state index is 1.09. The van der Waals surface area contributed by atoms with Crippen LogP contribution in [0.25, 0.3) is 44.0 Å². The zero-order chi connectivity index (χ0) is 21.2. The third-order valence-electron chi connectivity index (χ3n) is 6.73. The molecule has 2 heterocycles. The molecule has 0 spiro atoms. The normalized spacial score (nSPS) is 11.8. The molecular weight excluding hydrogens is 376 g/mol. The van der Waals surface area contributed by atoms with Crippen LogP contribution in [0.15, 0.2) is 72.8 Å². The Labute approximate surface area is 185 Å². The summed E-state index contributed by atoms with van der Waals surface area (Å²) in [5, 5.41) is 4.13. The van der Waals surface area contributed by atoms with Gasteiger partial charge in [-0.3, -0.25) is 0 Å². The Morgan fingerprint density at radius 3 is 2.19 bits per heavy atom. The summed E-state index contributed by atoms with van der Waals surface area (Å²) in [7, 11) is 2.23. The van der Waals surface area contributed by atoms with Gasteiger partial charge in [-0.1, -0.05) is 99.7 Å². The summed E-state index contributed by atoms with van der Waals surface area (Å²) in [4.78, 5) is 0. The van der Waals surface area contributed by atoms with E-state index in [9.17, 15) is 0 Å². The lowest BCUT2D eigenvalue weighted by molar-refractivity contribution is 0.568. The van der Waals surface area contributed by atoms with Crippen LogP contribution in [0.4, 0.5) is 0 Å². The largest absolute Gasteiger partial charge is 0.330 e.